The van der Waals surface area contributed by atoms with E-state index in [1.807, 2.05) is 19.9 Å². The minimum Gasteiger partial charge on any atom is -0.355 e. The zero-order valence-electron chi connectivity index (χ0n) is 21.7. The Morgan fingerprint density at radius 3 is 2.03 bits per heavy atom. The van der Waals surface area contributed by atoms with Gasteiger partial charge in [0.25, 0.3) is 10.0 Å². The number of likely N-dealkylation sites (N-methyl/N-ethyl adjacent to an activating group) is 1. The van der Waals surface area contributed by atoms with Crippen LogP contribution in [0.3, 0.4) is 0 Å². The van der Waals surface area contributed by atoms with Crippen molar-refractivity contribution in [1.82, 2.24) is 10.2 Å². The molecule has 0 fully saturated rings. The molecule has 0 saturated carbocycles. The molecule has 3 rings (SSSR count). The van der Waals surface area contributed by atoms with Gasteiger partial charge in [-0.2, -0.15) is 0 Å². The molecular formula is C28H31Cl2N3O4S. The molecule has 1 N–H and O–H groups in total. The molecule has 1 atom stereocenters. The Morgan fingerprint density at radius 2 is 1.47 bits per heavy atom. The lowest BCUT2D eigenvalue weighted by atomic mass is 10.1. The van der Waals surface area contributed by atoms with E-state index in [1.165, 1.54) is 29.2 Å². The number of nitrogens with zero attached hydrogens (tertiary/aromatic N) is 2. The average molecular weight is 577 g/mol. The first kappa shape index (κ1) is 29.5. The molecule has 0 unspecified atom stereocenters. The van der Waals surface area contributed by atoms with Gasteiger partial charge in [0.05, 0.1) is 10.6 Å². The summed E-state index contributed by atoms with van der Waals surface area (Å²) in [7, 11) is -4.15. The van der Waals surface area contributed by atoms with E-state index in [-0.39, 0.29) is 17.3 Å². The second-order valence-corrected chi connectivity index (χ2v) is 11.7. The zero-order chi connectivity index (χ0) is 28.0. The molecule has 10 heteroatoms. The lowest BCUT2D eigenvalue weighted by Gasteiger charge is -2.32. The minimum absolute atomic E-state index is 0.00560. The molecule has 3 aromatic carbocycles. The smallest absolute Gasteiger partial charge is 0.264 e. The highest BCUT2D eigenvalue weighted by Gasteiger charge is 2.32. The normalized spacial score (nSPS) is 12.1. The van der Waals surface area contributed by atoms with Gasteiger partial charge in [-0.25, -0.2) is 8.42 Å². The average Bonchev–Trinajstić information content (AvgIpc) is 2.88. The Labute approximate surface area is 234 Å². The van der Waals surface area contributed by atoms with E-state index in [0.29, 0.717) is 22.3 Å². The number of sulfonamides is 1. The van der Waals surface area contributed by atoms with Gasteiger partial charge in [0.1, 0.15) is 12.6 Å². The Morgan fingerprint density at radius 1 is 0.895 bits per heavy atom. The predicted molar refractivity (Wildman–Crippen MR) is 152 cm³/mol. The van der Waals surface area contributed by atoms with Crippen LogP contribution in [-0.4, -0.2) is 44.3 Å². The molecule has 0 radical (unpaired) electrons. The molecule has 0 aromatic heterocycles. The summed E-state index contributed by atoms with van der Waals surface area (Å²) in [6.07, 6.45) is 0. The summed E-state index contributed by atoms with van der Waals surface area (Å²) in [6.45, 7) is 7.18. The van der Waals surface area contributed by atoms with Crippen molar-refractivity contribution in [3.63, 3.8) is 0 Å². The van der Waals surface area contributed by atoms with Crippen molar-refractivity contribution in [2.45, 2.75) is 45.2 Å². The molecule has 0 bridgehead atoms. The number of nitrogens with one attached hydrogen (secondary N) is 1. The Hall–Kier alpha value is -3.07. The molecule has 0 aliphatic heterocycles. The number of hydrogen-bond donors (Lipinski definition) is 1. The zero-order valence-corrected chi connectivity index (χ0v) is 24.1. The standard InChI is InChI=1S/C28H31Cl2N3O4S/c1-5-31-28(35)21(4)32(17-22-7-9-23(29)10-8-22)27(34)18-33(25-13-6-19(2)20(3)16-25)38(36,37)26-14-11-24(30)12-15-26/h6-16,21H,5,17-18H2,1-4H3,(H,31,35)/t21-/m0/s1. The van der Waals surface area contributed by atoms with Gasteiger partial charge >= 0.3 is 0 Å². The van der Waals surface area contributed by atoms with Crippen molar-refractivity contribution in [3.05, 3.63) is 93.5 Å². The molecule has 0 heterocycles. The first-order valence-electron chi connectivity index (χ1n) is 12.1. The topological polar surface area (TPSA) is 86.8 Å². The number of rotatable bonds is 10. The number of carbonyl (C=O) groups is 2. The second kappa shape index (κ2) is 12.7. The highest BCUT2D eigenvalue weighted by Crippen LogP contribution is 2.27. The van der Waals surface area contributed by atoms with Crippen LogP contribution in [-0.2, 0) is 26.2 Å². The van der Waals surface area contributed by atoms with Crippen molar-refractivity contribution in [1.29, 1.82) is 0 Å². The summed E-state index contributed by atoms with van der Waals surface area (Å²) in [5.41, 5.74) is 2.95. The van der Waals surface area contributed by atoms with E-state index in [4.69, 9.17) is 23.2 Å². The fourth-order valence-corrected chi connectivity index (χ4v) is 5.49. The summed E-state index contributed by atoms with van der Waals surface area (Å²) < 4.78 is 28.7. The van der Waals surface area contributed by atoms with Crippen LogP contribution in [0.25, 0.3) is 0 Å². The van der Waals surface area contributed by atoms with Crippen molar-refractivity contribution < 1.29 is 18.0 Å². The quantitative estimate of drug-likeness (QED) is 0.352. The van der Waals surface area contributed by atoms with Crippen LogP contribution in [0, 0.1) is 13.8 Å². The third kappa shape index (κ3) is 7.07. The van der Waals surface area contributed by atoms with E-state index in [1.54, 1.807) is 50.2 Å². The van der Waals surface area contributed by atoms with Gasteiger partial charge in [0.15, 0.2) is 0 Å². The lowest BCUT2D eigenvalue weighted by Crippen LogP contribution is -2.51. The molecule has 38 heavy (non-hydrogen) atoms. The van der Waals surface area contributed by atoms with Gasteiger partial charge in [-0.3, -0.25) is 13.9 Å². The summed E-state index contributed by atoms with van der Waals surface area (Å²) >= 11 is 12.0. The van der Waals surface area contributed by atoms with E-state index in [0.717, 1.165) is 21.0 Å². The SMILES string of the molecule is CCNC(=O)[C@H](C)N(Cc1ccc(Cl)cc1)C(=O)CN(c1ccc(C)c(C)c1)S(=O)(=O)c1ccc(Cl)cc1. The van der Waals surface area contributed by atoms with E-state index >= 15 is 0 Å². The molecular weight excluding hydrogens is 545 g/mol. The van der Waals surface area contributed by atoms with Crippen molar-refractivity contribution in [2.24, 2.45) is 0 Å². The number of benzene rings is 3. The second-order valence-electron chi connectivity index (χ2n) is 8.95. The Balaban J connectivity index is 2.05. The van der Waals surface area contributed by atoms with Crippen LogP contribution in [0.5, 0.6) is 0 Å². The van der Waals surface area contributed by atoms with Gasteiger partial charge < -0.3 is 10.2 Å². The summed E-state index contributed by atoms with van der Waals surface area (Å²) in [4.78, 5) is 27.9. The van der Waals surface area contributed by atoms with Gasteiger partial charge in [-0.05, 0) is 92.9 Å². The van der Waals surface area contributed by atoms with Crippen LogP contribution in [0.2, 0.25) is 10.0 Å². The number of carbonyl (C=O) groups excluding carboxylic acids is 2. The van der Waals surface area contributed by atoms with Crippen LogP contribution >= 0.6 is 23.2 Å². The van der Waals surface area contributed by atoms with Crippen LogP contribution in [0.1, 0.15) is 30.5 Å². The first-order valence-corrected chi connectivity index (χ1v) is 14.3. The van der Waals surface area contributed by atoms with Gasteiger partial charge in [0.2, 0.25) is 11.8 Å². The molecule has 3 aromatic rings. The molecule has 0 spiro atoms. The summed E-state index contributed by atoms with van der Waals surface area (Å²) in [6, 6.07) is 17.0. The number of anilines is 1. The number of halogens is 2. The van der Waals surface area contributed by atoms with Crippen LogP contribution < -0.4 is 9.62 Å². The molecule has 7 nitrogen and oxygen atoms in total. The maximum Gasteiger partial charge on any atom is 0.264 e. The van der Waals surface area contributed by atoms with Crippen molar-refractivity contribution >= 4 is 50.7 Å². The van der Waals surface area contributed by atoms with Crippen LogP contribution in [0.15, 0.2) is 71.6 Å². The maximum absolute atomic E-state index is 13.8. The molecule has 0 aliphatic rings. The highest BCUT2D eigenvalue weighted by atomic mass is 35.5. The molecule has 0 saturated heterocycles. The van der Waals surface area contributed by atoms with Crippen molar-refractivity contribution in [3.8, 4) is 0 Å². The fourth-order valence-electron chi connectivity index (χ4n) is 3.83. The lowest BCUT2D eigenvalue weighted by molar-refractivity contribution is -0.139. The van der Waals surface area contributed by atoms with Crippen molar-refractivity contribution in [2.75, 3.05) is 17.4 Å². The van der Waals surface area contributed by atoms with Gasteiger partial charge in [0, 0.05) is 23.1 Å². The van der Waals surface area contributed by atoms with E-state index in [2.05, 4.69) is 5.32 Å². The van der Waals surface area contributed by atoms with Gasteiger partial charge in [-0.1, -0.05) is 41.4 Å². The van der Waals surface area contributed by atoms with Gasteiger partial charge in [-0.15, -0.1) is 0 Å². The largest absolute Gasteiger partial charge is 0.355 e. The monoisotopic (exact) mass is 575 g/mol. The highest BCUT2D eigenvalue weighted by molar-refractivity contribution is 7.92. The third-order valence-electron chi connectivity index (χ3n) is 6.24. The van der Waals surface area contributed by atoms with Crippen LogP contribution in [0.4, 0.5) is 5.69 Å². The summed E-state index contributed by atoms with van der Waals surface area (Å²) in [5, 5.41) is 3.67. The number of aryl methyl sites for hydroxylation is 2. The predicted octanol–water partition coefficient (Wildman–Crippen LogP) is 5.36. The minimum atomic E-state index is -4.15. The first-order chi connectivity index (χ1) is 17.9. The number of hydrogen-bond acceptors (Lipinski definition) is 4. The Bertz CT molecular complexity index is 1390. The third-order valence-corrected chi connectivity index (χ3v) is 8.54. The fraction of sp³-hybridized carbons (Fsp3) is 0.286. The van der Waals surface area contributed by atoms with E-state index < -0.39 is 28.5 Å². The molecule has 202 valence electrons. The maximum atomic E-state index is 13.8. The Kier molecular flexibility index (Phi) is 9.82. The summed E-state index contributed by atoms with van der Waals surface area (Å²) in [5.74, 6) is -0.873. The van der Waals surface area contributed by atoms with E-state index in [9.17, 15) is 18.0 Å². The molecule has 2 amide bonds. The number of amides is 2. The molecule has 0 aliphatic carbocycles.